The lowest BCUT2D eigenvalue weighted by atomic mass is 10.1. The number of unbranched alkanes of at least 4 members (excludes halogenated alkanes) is 2. The first-order valence-electron chi connectivity index (χ1n) is 33.2. The number of aliphatic hydroxyl groups is 2. The Balaban J connectivity index is 0.000000310. The van der Waals surface area contributed by atoms with E-state index in [4.69, 9.17) is 82.1 Å². The molecule has 8 fully saturated rings. The summed E-state index contributed by atoms with van der Waals surface area (Å²) in [5.41, 5.74) is 8.36. The quantitative estimate of drug-likeness (QED) is 0.0188. The molecule has 0 saturated carbocycles. The van der Waals surface area contributed by atoms with Gasteiger partial charge in [-0.05, 0) is 167 Å². The van der Waals surface area contributed by atoms with Crippen molar-refractivity contribution in [3.8, 4) is 0 Å². The van der Waals surface area contributed by atoms with Crippen molar-refractivity contribution in [3.05, 3.63) is 10.4 Å². The molecule has 28 nitrogen and oxygen atoms in total. The highest BCUT2D eigenvalue weighted by Crippen LogP contribution is 2.29. The van der Waals surface area contributed by atoms with E-state index in [1.165, 1.54) is 0 Å². The minimum Gasteiger partial charge on any atom is -0.466 e. The molecular formula is C64H118N6O22. The Morgan fingerprint density at radius 2 is 0.870 bits per heavy atom. The lowest BCUT2D eigenvalue weighted by molar-refractivity contribution is -0.288. The topological polar surface area (TPSA) is 315 Å². The SMILES string of the molecule is CC1(C)OCC(N(CCCCN=[N+]=[N-])C2COC(C)(C)OC2)CO1.CC1(C)OCC(N(CCCCO)C2COC(C)(C)OC2)CO1.CCOC(=O)CCC=O.CCOC(=O)CCCN(C1COC(C)(C)OC1)C1COC(C)(C)OC1.O=C1CCCO1.OC1CCCO1. The van der Waals surface area contributed by atoms with Crippen LogP contribution in [0.5, 0.6) is 0 Å². The zero-order chi connectivity index (χ0) is 68.3. The number of carbonyl (C=O) groups excluding carboxylic acids is 4. The van der Waals surface area contributed by atoms with Gasteiger partial charge in [0.1, 0.15) is 6.29 Å². The molecule has 92 heavy (non-hydrogen) atoms. The molecule has 8 saturated heterocycles. The predicted octanol–water partition coefficient (Wildman–Crippen LogP) is 6.95. The molecule has 0 aliphatic carbocycles. The van der Waals surface area contributed by atoms with Crippen molar-refractivity contribution in [1.82, 2.24) is 14.7 Å². The van der Waals surface area contributed by atoms with Crippen LogP contribution in [0.2, 0.25) is 0 Å². The molecule has 8 aliphatic rings. The van der Waals surface area contributed by atoms with E-state index in [2.05, 4.69) is 34.2 Å². The summed E-state index contributed by atoms with van der Waals surface area (Å²) >= 11 is 0. The van der Waals surface area contributed by atoms with Crippen molar-refractivity contribution in [2.45, 2.75) is 251 Å². The van der Waals surface area contributed by atoms with Crippen LogP contribution < -0.4 is 0 Å². The van der Waals surface area contributed by atoms with Crippen molar-refractivity contribution in [2.75, 3.05) is 138 Å². The molecule has 8 aliphatic heterocycles. The van der Waals surface area contributed by atoms with E-state index in [0.717, 1.165) is 77.6 Å². The second-order valence-electron chi connectivity index (χ2n) is 26.1. The summed E-state index contributed by atoms with van der Waals surface area (Å²) in [6.07, 6.45) is 8.77. The van der Waals surface area contributed by atoms with Crippen LogP contribution in [-0.2, 0) is 95.0 Å². The third-order valence-corrected chi connectivity index (χ3v) is 15.7. The van der Waals surface area contributed by atoms with Gasteiger partial charge < -0.3 is 90.8 Å². The molecule has 0 spiro atoms. The maximum absolute atomic E-state index is 11.6. The van der Waals surface area contributed by atoms with E-state index < -0.39 is 41.0 Å². The summed E-state index contributed by atoms with van der Waals surface area (Å²) in [6.45, 7) is 39.6. The van der Waals surface area contributed by atoms with Crippen LogP contribution in [0.1, 0.15) is 174 Å². The fourth-order valence-electron chi connectivity index (χ4n) is 10.3. The van der Waals surface area contributed by atoms with Crippen molar-refractivity contribution >= 4 is 24.2 Å². The highest BCUT2D eigenvalue weighted by atomic mass is 16.7. The number of carbonyl (C=O) groups is 4. The van der Waals surface area contributed by atoms with Crippen LogP contribution in [-0.4, -0.2) is 265 Å². The van der Waals surface area contributed by atoms with Crippen molar-refractivity contribution < 1.29 is 105 Å². The summed E-state index contributed by atoms with van der Waals surface area (Å²) in [5.74, 6) is -3.65. The molecule has 0 aromatic heterocycles. The number of ether oxygens (including phenoxy) is 16. The Hall–Kier alpha value is -3.33. The zero-order valence-electron chi connectivity index (χ0n) is 58.2. The highest BCUT2D eigenvalue weighted by molar-refractivity contribution is 5.72. The molecule has 0 amide bonds. The van der Waals surface area contributed by atoms with Gasteiger partial charge in [0.05, 0.1) is 142 Å². The molecule has 28 heteroatoms. The molecular weight excluding hydrogens is 1200 g/mol. The van der Waals surface area contributed by atoms with Gasteiger partial charge >= 0.3 is 17.9 Å². The van der Waals surface area contributed by atoms with Crippen molar-refractivity contribution in [1.29, 1.82) is 0 Å². The molecule has 536 valence electrons. The fourth-order valence-corrected chi connectivity index (χ4v) is 10.3. The largest absolute Gasteiger partial charge is 0.466 e. The minimum atomic E-state index is -0.547. The number of azide groups is 1. The smallest absolute Gasteiger partial charge is 0.306 e. The normalized spacial score (nSPS) is 23.9. The van der Waals surface area contributed by atoms with E-state index >= 15 is 0 Å². The van der Waals surface area contributed by atoms with Crippen molar-refractivity contribution in [3.63, 3.8) is 0 Å². The second kappa shape index (κ2) is 43.1. The zero-order valence-corrected chi connectivity index (χ0v) is 58.2. The standard InChI is InChI=1S/C18H33NO6.C16H30N4O4.C16H31NO5.C6H10O3.C4H8O2.C4H6O2/c1-6-21-16(20)8-7-9-19(14-10-22-17(2,3)23-11-14)15-12-24-18(4,5)25-13-15;1-15(2)21-9-13(10-22-15)20(8-6-5-7-18-19-17)14-11-23-16(3,4)24-12-14;1-15(2)19-9-13(10-20-15)17(7-5-6-8-18)14-11-21-16(3,4)22-12-14;1-2-9-6(8)4-3-5-7;2*5-4-2-1-3-6-4/h14-15H,6-13H2,1-5H3;13-14H,5-12H2,1-4H3;13-14,18H,5-12H2,1-4H3;5H,2-4H2,1H3;4-5H,1-3H2;1-3H2. The maximum atomic E-state index is 11.6. The minimum absolute atomic E-state index is 0.0463. The highest BCUT2D eigenvalue weighted by Gasteiger charge is 2.41. The molecule has 1 unspecified atom stereocenters. The van der Waals surface area contributed by atoms with Crippen LogP contribution in [0, 0.1) is 0 Å². The number of nitrogens with zero attached hydrogens (tertiary/aromatic N) is 6. The van der Waals surface area contributed by atoms with Gasteiger partial charge in [0, 0.05) is 50.4 Å². The fraction of sp³-hybridized carbons (Fsp3) is 0.938. The second-order valence-corrected chi connectivity index (χ2v) is 26.1. The van der Waals surface area contributed by atoms with Crippen LogP contribution in [0.25, 0.3) is 10.4 Å². The van der Waals surface area contributed by atoms with Gasteiger partial charge in [0.15, 0.2) is 41.0 Å². The van der Waals surface area contributed by atoms with E-state index in [0.29, 0.717) is 125 Å². The first-order valence-corrected chi connectivity index (χ1v) is 33.2. The molecule has 0 radical (unpaired) electrons. The molecule has 0 aromatic rings. The third kappa shape index (κ3) is 35.1. The summed E-state index contributed by atoms with van der Waals surface area (Å²) in [5, 5.41) is 21.1. The third-order valence-electron chi connectivity index (χ3n) is 15.7. The predicted molar refractivity (Wildman–Crippen MR) is 337 cm³/mol. The molecule has 8 rings (SSSR count). The lowest BCUT2D eigenvalue weighted by Crippen LogP contribution is -2.58. The van der Waals surface area contributed by atoms with Gasteiger partial charge in [-0.3, -0.25) is 29.1 Å². The van der Waals surface area contributed by atoms with Gasteiger partial charge in [-0.15, -0.1) is 0 Å². The lowest BCUT2D eigenvalue weighted by Gasteiger charge is -2.46. The summed E-state index contributed by atoms with van der Waals surface area (Å²) < 4.78 is 88.6. The van der Waals surface area contributed by atoms with Crippen LogP contribution >= 0.6 is 0 Å². The molecule has 0 bridgehead atoms. The van der Waals surface area contributed by atoms with Crippen molar-refractivity contribution in [2.24, 2.45) is 5.11 Å². The number of aliphatic hydroxyl groups excluding tert-OH is 2. The number of hydrogen-bond acceptors (Lipinski definition) is 26. The van der Waals surface area contributed by atoms with E-state index in [1.807, 2.05) is 90.0 Å². The molecule has 8 heterocycles. The molecule has 2 N–H and O–H groups in total. The van der Waals surface area contributed by atoms with Gasteiger partial charge in [0.25, 0.3) is 0 Å². The Kier molecular flexibility index (Phi) is 38.8. The van der Waals surface area contributed by atoms with Crippen LogP contribution in [0.15, 0.2) is 5.11 Å². The number of rotatable bonds is 24. The van der Waals surface area contributed by atoms with E-state index in [9.17, 15) is 19.2 Å². The first kappa shape index (κ1) is 82.9. The summed E-state index contributed by atoms with van der Waals surface area (Å²) in [7, 11) is 0. The average Bonchev–Trinajstić information content (AvgIpc) is 1.51. The van der Waals surface area contributed by atoms with Gasteiger partial charge in [-0.2, -0.15) is 0 Å². The van der Waals surface area contributed by atoms with E-state index in [-0.39, 0.29) is 73.6 Å². The number of cyclic esters (lactones) is 1. The monoisotopic (exact) mass is 1320 g/mol. The Morgan fingerprint density at radius 1 is 0.533 bits per heavy atom. The molecule has 0 aromatic carbocycles. The maximum Gasteiger partial charge on any atom is 0.306 e. The Bertz CT molecular complexity index is 1960. The summed E-state index contributed by atoms with van der Waals surface area (Å²) in [4.78, 5) is 51.6. The number of aldehydes is 1. The number of hydrogen-bond donors (Lipinski definition) is 2. The van der Waals surface area contributed by atoms with Gasteiger partial charge in [-0.1, -0.05) is 5.11 Å². The van der Waals surface area contributed by atoms with E-state index in [1.54, 1.807) is 6.92 Å². The average molecular weight is 1320 g/mol. The number of esters is 3. The Morgan fingerprint density at radius 3 is 1.11 bits per heavy atom. The van der Waals surface area contributed by atoms with Crippen LogP contribution in [0.4, 0.5) is 0 Å². The van der Waals surface area contributed by atoms with Gasteiger partial charge in [0.2, 0.25) is 0 Å². The summed E-state index contributed by atoms with van der Waals surface area (Å²) in [6, 6.07) is 0.990. The van der Waals surface area contributed by atoms with Gasteiger partial charge in [-0.25, -0.2) is 0 Å². The Labute approximate surface area is 547 Å². The van der Waals surface area contributed by atoms with Crippen LogP contribution in [0.3, 0.4) is 0 Å². The molecule has 1 atom stereocenters. The first-order chi connectivity index (χ1) is 43.5.